The number of para-hydroxylation sites is 1. The molecule has 0 fully saturated rings. The fourth-order valence-electron chi connectivity index (χ4n) is 2.91. The van der Waals surface area contributed by atoms with Crippen LogP contribution < -0.4 is 16.0 Å². The third kappa shape index (κ3) is 3.51. The maximum Gasteiger partial charge on any atom is 0.240 e. The minimum Gasteiger partial charge on any atom is -0.368 e. The zero-order valence-electron chi connectivity index (χ0n) is 13.0. The summed E-state index contributed by atoms with van der Waals surface area (Å²) < 4.78 is 0. The molecule has 2 aromatic carbocycles. The highest BCUT2D eigenvalue weighted by Crippen LogP contribution is 2.31. The Balaban J connectivity index is 1.66. The van der Waals surface area contributed by atoms with Crippen molar-refractivity contribution in [2.75, 3.05) is 11.4 Å². The number of halogens is 1. The van der Waals surface area contributed by atoms with E-state index in [0.717, 1.165) is 16.8 Å². The number of anilines is 1. The number of fused-ring (bicyclic) bond motifs is 1. The van der Waals surface area contributed by atoms with Gasteiger partial charge in [0.2, 0.25) is 11.8 Å². The number of rotatable bonds is 5. The molecule has 3 N–H and O–H groups in total. The van der Waals surface area contributed by atoms with Crippen LogP contribution in [0.2, 0.25) is 5.02 Å². The van der Waals surface area contributed by atoms with Crippen LogP contribution in [-0.4, -0.2) is 24.4 Å². The minimum absolute atomic E-state index is 0.0954. The van der Waals surface area contributed by atoms with E-state index < -0.39 is 11.9 Å². The van der Waals surface area contributed by atoms with Gasteiger partial charge in [0.05, 0.1) is 6.54 Å². The summed E-state index contributed by atoms with van der Waals surface area (Å²) in [6.07, 6.45) is 0.538. The van der Waals surface area contributed by atoms with Crippen molar-refractivity contribution in [2.24, 2.45) is 5.73 Å². The molecule has 0 aromatic heterocycles. The Bertz CT molecular complexity index is 761. The van der Waals surface area contributed by atoms with Crippen molar-refractivity contribution in [1.82, 2.24) is 5.32 Å². The van der Waals surface area contributed by atoms with Crippen molar-refractivity contribution in [2.45, 2.75) is 19.0 Å². The van der Waals surface area contributed by atoms with Crippen molar-refractivity contribution in [3.8, 4) is 0 Å². The van der Waals surface area contributed by atoms with Gasteiger partial charge in [0, 0.05) is 23.7 Å². The van der Waals surface area contributed by atoms with Gasteiger partial charge in [-0.2, -0.15) is 0 Å². The standard InChI is InChI=1S/C18H18ClN3O2/c19-14-7-5-12(6-8-14)10-21-17(23)11-22-15-4-2-1-3-13(15)9-16(22)18(20)24/h1-8,16H,9-11H2,(H2,20,24)(H,21,23)/t16-/m0/s1. The molecule has 124 valence electrons. The van der Waals surface area contributed by atoms with Gasteiger partial charge in [0.15, 0.2) is 0 Å². The van der Waals surface area contributed by atoms with E-state index in [0.29, 0.717) is 18.0 Å². The van der Waals surface area contributed by atoms with E-state index >= 15 is 0 Å². The summed E-state index contributed by atoms with van der Waals surface area (Å²) in [5.74, 6) is -0.579. The van der Waals surface area contributed by atoms with E-state index in [1.54, 1.807) is 17.0 Å². The lowest BCUT2D eigenvalue weighted by Gasteiger charge is -2.24. The molecule has 0 saturated carbocycles. The van der Waals surface area contributed by atoms with E-state index in [2.05, 4.69) is 5.32 Å². The first-order valence-corrected chi connectivity index (χ1v) is 8.07. The predicted molar refractivity (Wildman–Crippen MR) is 93.8 cm³/mol. The van der Waals surface area contributed by atoms with E-state index in [9.17, 15) is 9.59 Å². The number of carbonyl (C=O) groups is 2. The molecule has 2 aromatic rings. The lowest BCUT2D eigenvalue weighted by atomic mass is 10.1. The molecular weight excluding hydrogens is 326 g/mol. The van der Waals surface area contributed by atoms with Gasteiger partial charge in [-0.15, -0.1) is 0 Å². The number of primary amides is 1. The van der Waals surface area contributed by atoms with Crippen molar-refractivity contribution in [3.63, 3.8) is 0 Å². The SMILES string of the molecule is NC(=O)[C@@H]1Cc2ccccc2N1CC(=O)NCc1ccc(Cl)cc1. The molecule has 2 amide bonds. The number of hydrogen-bond acceptors (Lipinski definition) is 3. The molecule has 6 heteroatoms. The summed E-state index contributed by atoms with van der Waals surface area (Å²) in [4.78, 5) is 25.8. The smallest absolute Gasteiger partial charge is 0.240 e. The zero-order chi connectivity index (χ0) is 17.1. The Kier molecular flexibility index (Phi) is 4.71. The Morgan fingerprint density at radius 1 is 1.17 bits per heavy atom. The Hall–Kier alpha value is -2.53. The summed E-state index contributed by atoms with van der Waals surface area (Å²) in [5.41, 5.74) is 8.38. The number of nitrogens with two attached hydrogens (primary N) is 1. The van der Waals surface area contributed by atoms with Gasteiger partial charge in [-0.3, -0.25) is 9.59 Å². The van der Waals surface area contributed by atoms with Crippen LogP contribution in [-0.2, 0) is 22.6 Å². The highest BCUT2D eigenvalue weighted by Gasteiger charge is 2.33. The maximum atomic E-state index is 12.3. The number of nitrogens with one attached hydrogen (secondary N) is 1. The monoisotopic (exact) mass is 343 g/mol. The zero-order valence-corrected chi connectivity index (χ0v) is 13.8. The van der Waals surface area contributed by atoms with Crippen LogP contribution in [0.25, 0.3) is 0 Å². The first-order chi connectivity index (χ1) is 11.5. The van der Waals surface area contributed by atoms with Gasteiger partial charge in [-0.25, -0.2) is 0 Å². The quantitative estimate of drug-likeness (QED) is 0.870. The first-order valence-electron chi connectivity index (χ1n) is 7.69. The van der Waals surface area contributed by atoms with Crippen LogP contribution in [0.15, 0.2) is 48.5 Å². The number of carbonyl (C=O) groups excluding carboxylic acids is 2. The van der Waals surface area contributed by atoms with Gasteiger partial charge in [-0.05, 0) is 29.3 Å². The molecule has 0 spiro atoms. The molecule has 0 aliphatic carbocycles. The second-order valence-electron chi connectivity index (χ2n) is 5.78. The number of nitrogens with zero attached hydrogens (tertiary/aromatic N) is 1. The molecule has 5 nitrogen and oxygen atoms in total. The number of hydrogen-bond donors (Lipinski definition) is 2. The van der Waals surface area contributed by atoms with Gasteiger partial charge >= 0.3 is 0 Å². The summed E-state index contributed by atoms with van der Waals surface area (Å²) >= 11 is 5.84. The summed E-state index contributed by atoms with van der Waals surface area (Å²) in [6, 6.07) is 14.5. The van der Waals surface area contributed by atoms with E-state index in [-0.39, 0.29) is 12.5 Å². The Labute approximate surface area is 145 Å². The summed E-state index contributed by atoms with van der Waals surface area (Å²) in [7, 11) is 0. The van der Waals surface area contributed by atoms with Gasteiger partial charge in [0.1, 0.15) is 6.04 Å². The van der Waals surface area contributed by atoms with E-state index in [1.807, 2.05) is 36.4 Å². The van der Waals surface area contributed by atoms with Gasteiger partial charge < -0.3 is 16.0 Å². The fraction of sp³-hybridized carbons (Fsp3) is 0.222. The molecule has 24 heavy (non-hydrogen) atoms. The summed E-state index contributed by atoms with van der Waals surface area (Å²) in [5, 5.41) is 3.52. The lowest BCUT2D eigenvalue weighted by molar-refractivity contribution is -0.120. The molecule has 3 rings (SSSR count). The highest BCUT2D eigenvalue weighted by molar-refractivity contribution is 6.30. The average Bonchev–Trinajstić information content (AvgIpc) is 2.93. The van der Waals surface area contributed by atoms with Crippen molar-refractivity contribution in [3.05, 3.63) is 64.7 Å². The van der Waals surface area contributed by atoms with E-state index in [4.69, 9.17) is 17.3 Å². The lowest BCUT2D eigenvalue weighted by Crippen LogP contribution is -2.47. The largest absolute Gasteiger partial charge is 0.368 e. The normalized spacial score (nSPS) is 15.9. The second-order valence-corrected chi connectivity index (χ2v) is 6.22. The molecule has 0 radical (unpaired) electrons. The highest BCUT2D eigenvalue weighted by atomic mass is 35.5. The van der Waals surface area contributed by atoms with Gasteiger partial charge in [0.25, 0.3) is 0 Å². The van der Waals surface area contributed by atoms with Crippen LogP contribution in [0.4, 0.5) is 5.69 Å². The third-order valence-corrected chi connectivity index (χ3v) is 4.39. The predicted octanol–water partition coefficient (Wildman–Crippen LogP) is 1.87. The van der Waals surface area contributed by atoms with Crippen molar-refractivity contribution < 1.29 is 9.59 Å². The fourth-order valence-corrected chi connectivity index (χ4v) is 3.04. The molecule has 1 heterocycles. The molecule has 1 aliphatic rings. The molecule has 1 aliphatic heterocycles. The van der Waals surface area contributed by atoms with Crippen LogP contribution in [0.3, 0.4) is 0 Å². The topological polar surface area (TPSA) is 75.4 Å². The van der Waals surface area contributed by atoms with Crippen LogP contribution in [0, 0.1) is 0 Å². The first kappa shape index (κ1) is 16.3. The molecule has 0 saturated heterocycles. The molecular formula is C18H18ClN3O2. The third-order valence-electron chi connectivity index (χ3n) is 4.14. The number of benzene rings is 2. The number of amides is 2. The maximum absolute atomic E-state index is 12.3. The van der Waals surface area contributed by atoms with E-state index in [1.165, 1.54) is 0 Å². The van der Waals surface area contributed by atoms with Crippen LogP contribution in [0.1, 0.15) is 11.1 Å². The molecule has 1 atom stereocenters. The Morgan fingerprint density at radius 2 is 1.88 bits per heavy atom. The minimum atomic E-state index is -0.483. The van der Waals surface area contributed by atoms with Crippen molar-refractivity contribution in [1.29, 1.82) is 0 Å². The van der Waals surface area contributed by atoms with Crippen LogP contribution in [0.5, 0.6) is 0 Å². The average molecular weight is 344 g/mol. The summed E-state index contributed by atoms with van der Waals surface area (Å²) in [6.45, 7) is 0.505. The van der Waals surface area contributed by atoms with Gasteiger partial charge in [-0.1, -0.05) is 41.9 Å². The van der Waals surface area contributed by atoms with Crippen LogP contribution >= 0.6 is 11.6 Å². The van der Waals surface area contributed by atoms with Crippen molar-refractivity contribution >= 4 is 29.1 Å². The molecule has 0 unspecified atom stereocenters. The molecule has 0 bridgehead atoms. The second kappa shape index (κ2) is 6.93. The Morgan fingerprint density at radius 3 is 2.58 bits per heavy atom.